The number of nitrogens with one attached hydrogen (secondary N) is 1. The number of sulfonamides is 1. The number of ether oxygens (including phenoxy) is 1. The van der Waals surface area contributed by atoms with Crippen molar-refractivity contribution in [2.24, 2.45) is 10.9 Å². The molecule has 8 heteroatoms. The molecule has 0 aromatic heterocycles. The monoisotopic (exact) mass is 394 g/mol. The van der Waals surface area contributed by atoms with Crippen LogP contribution < -0.4 is 5.32 Å². The van der Waals surface area contributed by atoms with Crippen molar-refractivity contribution in [3.05, 3.63) is 29.8 Å². The first-order valence-corrected chi connectivity index (χ1v) is 11.0. The molecule has 150 valence electrons. The molecule has 2 saturated heterocycles. The summed E-state index contributed by atoms with van der Waals surface area (Å²) in [7, 11) is 0.452. The van der Waals surface area contributed by atoms with Crippen LogP contribution in [0.1, 0.15) is 24.8 Å². The molecule has 0 saturated carbocycles. The molecule has 1 N–H and O–H groups in total. The molecule has 0 aliphatic carbocycles. The normalized spacial score (nSPS) is 21.6. The summed E-state index contributed by atoms with van der Waals surface area (Å²) in [5, 5.41) is 3.35. The van der Waals surface area contributed by atoms with Gasteiger partial charge in [-0.2, -0.15) is 4.31 Å². The third-order valence-electron chi connectivity index (χ3n) is 5.21. The molecule has 3 rings (SSSR count). The van der Waals surface area contributed by atoms with Gasteiger partial charge in [0, 0.05) is 52.8 Å². The van der Waals surface area contributed by atoms with Crippen molar-refractivity contribution >= 4 is 16.0 Å². The van der Waals surface area contributed by atoms with Gasteiger partial charge in [0.15, 0.2) is 5.96 Å². The molecule has 0 radical (unpaired) electrons. The molecule has 0 bridgehead atoms. The van der Waals surface area contributed by atoms with Gasteiger partial charge in [0.2, 0.25) is 10.0 Å². The van der Waals surface area contributed by atoms with Crippen LogP contribution in [0, 0.1) is 5.92 Å². The van der Waals surface area contributed by atoms with Crippen molar-refractivity contribution < 1.29 is 13.2 Å². The van der Waals surface area contributed by atoms with E-state index in [0.29, 0.717) is 30.4 Å². The molecule has 2 heterocycles. The summed E-state index contributed by atoms with van der Waals surface area (Å²) in [6.07, 6.45) is 2.98. The highest BCUT2D eigenvalue weighted by molar-refractivity contribution is 7.89. The van der Waals surface area contributed by atoms with Crippen LogP contribution in [0.2, 0.25) is 0 Å². The van der Waals surface area contributed by atoms with Crippen LogP contribution in [0.25, 0.3) is 0 Å². The molecule has 0 amide bonds. The molecule has 1 atom stereocenters. The third kappa shape index (κ3) is 5.00. The van der Waals surface area contributed by atoms with E-state index in [2.05, 4.69) is 15.2 Å². The van der Waals surface area contributed by atoms with Gasteiger partial charge in [-0.3, -0.25) is 4.99 Å². The van der Waals surface area contributed by atoms with Crippen molar-refractivity contribution in [1.29, 1.82) is 0 Å². The van der Waals surface area contributed by atoms with E-state index in [0.717, 1.165) is 50.5 Å². The van der Waals surface area contributed by atoms with E-state index in [1.54, 1.807) is 23.5 Å². The second-order valence-corrected chi connectivity index (χ2v) is 9.20. The molecule has 27 heavy (non-hydrogen) atoms. The standard InChI is InChI=1S/C19H30N4O3S/c1-20-19(22(2)14-17-9-12-26-15-17)21-13-16-5-7-18(8-6-16)27(24,25)23-10-3-4-11-23/h5-8,17H,3-4,9-15H2,1-2H3,(H,20,21). The molecular formula is C19H30N4O3S. The minimum absolute atomic E-state index is 0.371. The van der Waals surface area contributed by atoms with E-state index in [-0.39, 0.29) is 0 Å². The van der Waals surface area contributed by atoms with Gasteiger partial charge in [-0.15, -0.1) is 0 Å². The van der Waals surface area contributed by atoms with Gasteiger partial charge in [-0.05, 0) is 37.0 Å². The highest BCUT2D eigenvalue weighted by Gasteiger charge is 2.26. The first-order valence-electron chi connectivity index (χ1n) is 9.59. The summed E-state index contributed by atoms with van der Waals surface area (Å²) in [6.45, 7) is 4.42. The van der Waals surface area contributed by atoms with Crippen LogP contribution in [0.5, 0.6) is 0 Å². The van der Waals surface area contributed by atoms with Gasteiger partial charge in [-0.25, -0.2) is 8.42 Å². The van der Waals surface area contributed by atoms with Gasteiger partial charge in [0.05, 0.1) is 11.5 Å². The Kier molecular flexibility index (Phi) is 6.73. The summed E-state index contributed by atoms with van der Waals surface area (Å²) in [6, 6.07) is 7.14. The Morgan fingerprint density at radius 1 is 1.30 bits per heavy atom. The predicted molar refractivity (Wildman–Crippen MR) is 106 cm³/mol. The smallest absolute Gasteiger partial charge is 0.243 e. The lowest BCUT2D eigenvalue weighted by atomic mass is 10.1. The maximum absolute atomic E-state index is 12.6. The third-order valence-corrected chi connectivity index (χ3v) is 7.12. The van der Waals surface area contributed by atoms with Gasteiger partial charge in [-0.1, -0.05) is 12.1 Å². The lowest BCUT2D eigenvalue weighted by Gasteiger charge is -2.24. The number of aliphatic imine (C=N–C) groups is 1. The van der Waals surface area contributed by atoms with Gasteiger partial charge < -0.3 is 15.0 Å². The van der Waals surface area contributed by atoms with E-state index < -0.39 is 10.0 Å². The minimum atomic E-state index is -3.35. The Hall–Kier alpha value is -1.64. The first kappa shape index (κ1) is 20.1. The molecule has 1 aromatic rings. The summed E-state index contributed by atoms with van der Waals surface area (Å²) in [5.74, 6) is 1.37. The maximum Gasteiger partial charge on any atom is 0.243 e. The van der Waals surface area contributed by atoms with E-state index in [1.165, 1.54) is 0 Å². The zero-order valence-electron chi connectivity index (χ0n) is 16.2. The second-order valence-electron chi connectivity index (χ2n) is 7.27. The average Bonchev–Trinajstić information content (AvgIpc) is 3.37. The molecule has 2 aliphatic heterocycles. The summed E-state index contributed by atoms with van der Waals surface area (Å²) in [5.41, 5.74) is 1.02. The van der Waals surface area contributed by atoms with Crippen molar-refractivity contribution in [3.8, 4) is 0 Å². The summed E-state index contributed by atoms with van der Waals surface area (Å²) in [4.78, 5) is 6.83. The number of hydrogen-bond donors (Lipinski definition) is 1. The Morgan fingerprint density at radius 2 is 2.00 bits per heavy atom. The Morgan fingerprint density at radius 3 is 2.59 bits per heavy atom. The first-order chi connectivity index (χ1) is 13.0. The second kappa shape index (κ2) is 9.03. The molecule has 2 aliphatic rings. The van der Waals surface area contributed by atoms with Crippen LogP contribution in [0.4, 0.5) is 0 Å². The van der Waals surface area contributed by atoms with Crippen molar-refractivity contribution in [3.63, 3.8) is 0 Å². The van der Waals surface area contributed by atoms with Crippen LogP contribution >= 0.6 is 0 Å². The largest absolute Gasteiger partial charge is 0.381 e. The Balaban J connectivity index is 1.55. The summed E-state index contributed by atoms with van der Waals surface area (Å²) >= 11 is 0. The fourth-order valence-electron chi connectivity index (χ4n) is 3.62. The van der Waals surface area contributed by atoms with E-state index in [9.17, 15) is 8.42 Å². The molecule has 7 nitrogen and oxygen atoms in total. The number of benzene rings is 1. The molecule has 2 fully saturated rings. The Bertz CT molecular complexity index is 737. The van der Waals surface area contributed by atoms with Crippen LogP contribution in [-0.2, 0) is 21.3 Å². The number of rotatable bonds is 6. The van der Waals surface area contributed by atoms with Crippen LogP contribution in [0.3, 0.4) is 0 Å². The topological polar surface area (TPSA) is 74.2 Å². The highest BCUT2D eigenvalue weighted by Crippen LogP contribution is 2.21. The SMILES string of the molecule is CN=C(NCc1ccc(S(=O)(=O)N2CCCC2)cc1)N(C)CC1CCOC1. The summed E-state index contributed by atoms with van der Waals surface area (Å²) < 4.78 is 32.2. The Labute approximate surface area is 162 Å². The van der Waals surface area contributed by atoms with E-state index >= 15 is 0 Å². The minimum Gasteiger partial charge on any atom is -0.381 e. The average molecular weight is 395 g/mol. The zero-order valence-corrected chi connectivity index (χ0v) is 17.0. The molecule has 0 spiro atoms. The van der Waals surface area contributed by atoms with Gasteiger partial charge in [0.25, 0.3) is 0 Å². The zero-order chi connectivity index (χ0) is 19.3. The van der Waals surface area contributed by atoms with Gasteiger partial charge >= 0.3 is 0 Å². The molecular weight excluding hydrogens is 364 g/mol. The van der Waals surface area contributed by atoms with E-state index in [4.69, 9.17) is 4.74 Å². The van der Waals surface area contributed by atoms with Crippen molar-refractivity contribution in [1.82, 2.24) is 14.5 Å². The van der Waals surface area contributed by atoms with E-state index in [1.807, 2.05) is 19.2 Å². The molecule has 1 unspecified atom stereocenters. The quantitative estimate of drug-likeness (QED) is 0.585. The number of nitrogens with zero attached hydrogens (tertiary/aromatic N) is 3. The lowest BCUT2D eigenvalue weighted by molar-refractivity contribution is 0.181. The van der Waals surface area contributed by atoms with Crippen LogP contribution in [-0.4, -0.2) is 70.5 Å². The fraction of sp³-hybridized carbons (Fsp3) is 0.632. The predicted octanol–water partition coefficient (Wildman–Crippen LogP) is 1.51. The highest BCUT2D eigenvalue weighted by atomic mass is 32.2. The maximum atomic E-state index is 12.6. The van der Waals surface area contributed by atoms with Crippen molar-refractivity contribution in [2.45, 2.75) is 30.7 Å². The molecule has 1 aromatic carbocycles. The number of guanidine groups is 1. The fourth-order valence-corrected chi connectivity index (χ4v) is 5.14. The lowest BCUT2D eigenvalue weighted by Crippen LogP contribution is -2.41. The van der Waals surface area contributed by atoms with Crippen molar-refractivity contribution in [2.75, 3.05) is 46.9 Å². The number of hydrogen-bond acceptors (Lipinski definition) is 4. The van der Waals surface area contributed by atoms with Crippen LogP contribution in [0.15, 0.2) is 34.2 Å². The van der Waals surface area contributed by atoms with Gasteiger partial charge in [0.1, 0.15) is 0 Å².